The molecule has 7 nitrogen and oxygen atoms in total. The van der Waals surface area contributed by atoms with Crippen LogP contribution in [0.1, 0.15) is 16.8 Å². The minimum atomic E-state index is -0.938. The number of rotatable bonds is 5. The molecule has 2 heterocycles. The van der Waals surface area contributed by atoms with Gasteiger partial charge in [0.1, 0.15) is 5.75 Å². The molecule has 1 aromatic heterocycles. The van der Waals surface area contributed by atoms with E-state index >= 15 is 0 Å². The molecule has 136 valence electrons. The monoisotopic (exact) mass is 356 g/mol. The summed E-state index contributed by atoms with van der Waals surface area (Å²) in [6, 6.07) is 9.30. The summed E-state index contributed by atoms with van der Waals surface area (Å²) in [5.41, 5.74) is 2.22. The molecule has 1 amide bonds. The lowest BCUT2D eigenvalue weighted by molar-refractivity contribution is -0.141. The number of amides is 1. The molecule has 1 aliphatic heterocycles. The first-order valence-corrected chi connectivity index (χ1v) is 8.29. The SMILES string of the molecule is COc1ccc(-c2cncc(C(=O)N3CCOC(CC(=O)O)C3)c2)cc1. The first-order valence-electron chi connectivity index (χ1n) is 8.29. The minimum absolute atomic E-state index is 0.117. The lowest BCUT2D eigenvalue weighted by Gasteiger charge is -2.32. The van der Waals surface area contributed by atoms with E-state index in [1.54, 1.807) is 24.3 Å². The van der Waals surface area contributed by atoms with Crippen LogP contribution in [0, 0.1) is 0 Å². The van der Waals surface area contributed by atoms with Crippen LogP contribution >= 0.6 is 0 Å². The molecule has 26 heavy (non-hydrogen) atoms. The van der Waals surface area contributed by atoms with Crippen molar-refractivity contribution in [2.45, 2.75) is 12.5 Å². The Morgan fingerprint density at radius 3 is 2.73 bits per heavy atom. The van der Waals surface area contributed by atoms with Gasteiger partial charge >= 0.3 is 5.97 Å². The van der Waals surface area contributed by atoms with Gasteiger partial charge in [0.25, 0.3) is 5.91 Å². The van der Waals surface area contributed by atoms with Gasteiger partial charge in [0.2, 0.25) is 0 Å². The Morgan fingerprint density at radius 2 is 2.04 bits per heavy atom. The third-order valence-corrected chi connectivity index (χ3v) is 4.24. The summed E-state index contributed by atoms with van der Waals surface area (Å²) in [7, 11) is 1.61. The van der Waals surface area contributed by atoms with Crippen LogP contribution in [0.2, 0.25) is 0 Å². The quantitative estimate of drug-likeness (QED) is 0.882. The van der Waals surface area contributed by atoms with Crippen LogP contribution in [-0.2, 0) is 9.53 Å². The van der Waals surface area contributed by atoms with Gasteiger partial charge in [-0.3, -0.25) is 14.6 Å². The van der Waals surface area contributed by atoms with E-state index in [0.717, 1.165) is 16.9 Å². The molecule has 1 unspecified atom stereocenters. The molecule has 0 aliphatic carbocycles. The van der Waals surface area contributed by atoms with Crippen molar-refractivity contribution in [2.24, 2.45) is 0 Å². The molecule has 1 aliphatic rings. The summed E-state index contributed by atoms with van der Waals surface area (Å²) in [6.07, 6.45) is 2.62. The highest BCUT2D eigenvalue weighted by atomic mass is 16.5. The largest absolute Gasteiger partial charge is 0.497 e. The van der Waals surface area contributed by atoms with Gasteiger partial charge in [-0.1, -0.05) is 12.1 Å². The lowest BCUT2D eigenvalue weighted by Crippen LogP contribution is -2.46. The number of carboxylic acids is 1. The molecule has 0 saturated carbocycles. The zero-order valence-electron chi connectivity index (χ0n) is 14.4. The van der Waals surface area contributed by atoms with Crippen molar-refractivity contribution in [2.75, 3.05) is 26.8 Å². The van der Waals surface area contributed by atoms with Crippen molar-refractivity contribution >= 4 is 11.9 Å². The van der Waals surface area contributed by atoms with Crippen molar-refractivity contribution in [1.82, 2.24) is 9.88 Å². The third-order valence-electron chi connectivity index (χ3n) is 4.24. The Bertz CT molecular complexity index is 791. The number of ether oxygens (including phenoxy) is 2. The fourth-order valence-corrected chi connectivity index (χ4v) is 2.90. The van der Waals surface area contributed by atoms with E-state index in [4.69, 9.17) is 14.6 Å². The Balaban J connectivity index is 1.76. The molecule has 7 heteroatoms. The van der Waals surface area contributed by atoms with Gasteiger partial charge in [0.15, 0.2) is 0 Å². The second kappa shape index (κ2) is 7.97. The fraction of sp³-hybridized carbons (Fsp3) is 0.316. The summed E-state index contributed by atoms with van der Waals surface area (Å²) in [6.45, 7) is 1.02. The summed E-state index contributed by atoms with van der Waals surface area (Å²) in [5.74, 6) is -0.356. The highest BCUT2D eigenvalue weighted by Gasteiger charge is 2.26. The molecule has 0 spiro atoms. The molecular weight excluding hydrogens is 336 g/mol. The first-order chi connectivity index (χ1) is 12.6. The van der Waals surface area contributed by atoms with Gasteiger partial charge in [-0.15, -0.1) is 0 Å². The number of hydrogen-bond acceptors (Lipinski definition) is 5. The maximum atomic E-state index is 12.8. The van der Waals surface area contributed by atoms with Crippen molar-refractivity contribution in [3.05, 3.63) is 48.3 Å². The zero-order chi connectivity index (χ0) is 18.5. The molecule has 2 aromatic rings. The highest BCUT2D eigenvalue weighted by molar-refractivity contribution is 5.95. The van der Waals surface area contributed by atoms with E-state index in [1.807, 2.05) is 24.3 Å². The molecule has 3 rings (SSSR count). The molecule has 1 fully saturated rings. The number of hydrogen-bond donors (Lipinski definition) is 1. The number of benzene rings is 1. The van der Waals surface area contributed by atoms with Gasteiger partial charge < -0.3 is 19.5 Å². The normalized spacial score (nSPS) is 17.0. The summed E-state index contributed by atoms with van der Waals surface area (Å²) in [5, 5.41) is 8.91. The standard InChI is InChI=1S/C19H20N2O5/c1-25-16-4-2-13(3-5-16)14-8-15(11-20-10-14)19(24)21-6-7-26-17(12-21)9-18(22)23/h2-5,8,10-11,17H,6-7,9,12H2,1H3,(H,22,23). The first kappa shape index (κ1) is 17.9. The average Bonchev–Trinajstić information content (AvgIpc) is 2.67. The predicted molar refractivity (Wildman–Crippen MR) is 94.1 cm³/mol. The van der Waals surface area contributed by atoms with Gasteiger partial charge in [0, 0.05) is 31.0 Å². The smallest absolute Gasteiger partial charge is 0.306 e. The molecule has 1 aromatic carbocycles. The zero-order valence-corrected chi connectivity index (χ0v) is 14.4. The van der Waals surface area contributed by atoms with E-state index < -0.39 is 12.1 Å². The number of carbonyl (C=O) groups is 2. The van der Waals surface area contributed by atoms with E-state index in [2.05, 4.69) is 4.98 Å². The van der Waals surface area contributed by atoms with E-state index in [9.17, 15) is 9.59 Å². The number of nitrogens with zero attached hydrogens (tertiary/aromatic N) is 2. The van der Waals surface area contributed by atoms with Crippen LogP contribution in [0.3, 0.4) is 0 Å². The molecular formula is C19H20N2O5. The molecule has 1 saturated heterocycles. The number of aliphatic carboxylic acids is 1. The Morgan fingerprint density at radius 1 is 1.27 bits per heavy atom. The van der Waals surface area contributed by atoms with Crippen LogP contribution in [0.5, 0.6) is 5.75 Å². The van der Waals surface area contributed by atoms with Crippen molar-refractivity contribution in [3.8, 4) is 16.9 Å². The van der Waals surface area contributed by atoms with Crippen LogP contribution < -0.4 is 4.74 Å². The van der Waals surface area contributed by atoms with Gasteiger partial charge in [-0.05, 0) is 23.8 Å². The van der Waals surface area contributed by atoms with Gasteiger partial charge in [-0.2, -0.15) is 0 Å². The summed E-state index contributed by atoms with van der Waals surface area (Å²) in [4.78, 5) is 29.4. The molecule has 0 radical (unpaired) electrons. The molecule has 1 atom stereocenters. The van der Waals surface area contributed by atoms with Crippen molar-refractivity contribution in [3.63, 3.8) is 0 Å². The maximum absolute atomic E-state index is 12.8. The Kier molecular flexibility index (Phi) is 5.48. The van der Waals surface area contributed by atoms with Crippen LogP contribution in [0.15, 0.2) is 42.7 Å². The number of carbonyl (C=O) groups excluding carboxylic acids is 1. The van der Waals surface area contributed by atoms with E-state index in [1.165, 1.54) is 6.20 Å². The van der Waals surface area contributed by atoms with Crippen LogP contribution in [0.4, 0.5) is 0 Å². The average molecular weight is 356 g/mol. The fourth-order valence-electron chi connectivity index (χ4n) is 2.90. The highest BCUT2D eigenvalue weighted by Crippen LogP contribution is 2.23. The van der Waals surface area contributed by atoms with E-state index in [0.29, 0.717) is 18.7 Å². The second-order valence-corrected chi connectivity index (χ2v) is 6.03. The Hall–Kier alpha value is -2.93. The lowest BCUT2D eigenvalue weighted by atomic mass is 10.1. The molecule has 1 N–H and O–H groups in total. The summed E-state index contributed by atoms with van der Waals surface area (Å²) < 4.78 is 10.6. The minimum Gasteiger partial charge on any atom is -0.497 e. The van der Waals surface area contributed by atoms with Crippen molar-refractivity contribution < 1.29 is 24.2 Å². The predicted octanol–water partition coefficient (Wildman–Crippen LogP) is 2.07. The van der Waals surface area contributed by atoms with Crippen LogP contribution in [0.25, 0.3) is 11.1 Å². The Labute approximate surface area is 151 Å². The number of pyridine rings is 1. The number of morpholine rings is 1. The summed E-state index contributed by atoms with van der Waals surface area (Å²) >= 11 is 0. The van der Waals surface area contributed by atoms with Gasteiger partial charge in [-0.25, -0.2) is 0 Å². The topological polar surface area (TPSA) is 89.0 Å². The number of carboxylic acid groups (broad SMARTS) is 1. The number of methoxy groups -OCH3 is 1. The number of aromatic nitrogens is 1. The third kappa shape index (κ3) is 4.18. The molecule has 0 bridgehead atoms. The second-order valence-electron chi connectivity index (χ2n) is 6.03. The van der Waals surface area contributed by atoms with Crippen LogP contribution in [-0.4, -0.2) is 59.8 Å². The van der Waals surface area contributed by atoms with E-state index in [-0.39, 0.29) is 18.9 Å². The maximum Gasteiger partial charge on any atom is 0.306 e. The van der Waals surface area contributed by atoms with Gasteiger partial charge in [0.05, 0.1) is 31.8 Å². The van der Waals surface area contributed by atoms with Crippen molar-refractivity contribution in [1.29, 1.82) is 0 Å².